The quantitative estimate of drug-likeness (QED) is 0.498. The molecule has 0 atom stereocenters. The van der Waals surface area contributed by atoms with Gasteiger partial charge in [-0.2, -0.15) is 0 Å². The van der Waals surface area contributed by atoms with Crippen molar-refractivity contribution in [1.29, 1.82) is 5.41 Å². The van der Waals surface area contributed by atoms with E-state index in [-0.39, 0.29) is 11.4 Å². The third-order valence-corrected chi connectivity index (χ3v) is 1.26. The van der Waals surface area contributed by atoms with Crippen molar-refractivity contribution in [3.8, 4) is 5.75 Å². The molecule has 0 unspecified atom stereocenters. The molecule has 0 amide bonds. The van der Waals surface area contributed by atoms with E-state index in [0.29, 0.717) is 5.56 Å². The third kappa shape index (κ3) is 1.40. The van der Waals surface area contributed by atoms with Crippen molar-refractivity contribution < 1.29 is 5.11 Å². The Labute approximate surface area is 63.0 Å². The number of rotatable bonds is 2. The second-order valence-electron chi connectivity index (χ2n) is 1.98. The fourth-order valence-electron chi connectivity index (χ4n) is 0.703. The molecular weight excluding hydrogens is 144 g/mol. The first-order chi connectivity index (χ1) is 5.27. The first-order valence-electron chi connectivity index (χ1n) is 2.95. The monoisotopic (exact) mass is 150 g/mol. The van der Waals surface area contributed by atoms with E-state index < -0.39 is 0 Å². The maximum Gasteiger partial charge on any atom is 0.150 e. The van der Waals surface area contributed by atoms with Gasteiger partial charge in [0.25, 0.3) is 0 Å². The molecule has 0 bridgehead atoms. The number of benzene rings is 1. The number of phenols is 1. The van der Waals surface area contributed by atoms with Crippen LogP contribution in [0.4, 0.5) is 5.69 Å². The van der Waals surface area contributed by atoms with E-state index in [1.165, 1.54) is 18.2 Å². The second-order valence-corrected chi connectivity index (χ2v) is 1.98. The Kier molecular flexibility index (Phi) is 1.96. The summed E-state index contributed by atoms with van der Waals surface area (Å²) in [6.45, 7) is 0. The van der Waals surface area contributed by atoms with E-state index in [4.69, 9.17) is 10.5 Å². The molecule has 0 fully saturated rings. The molecule has 4 nitrogen and oxygen atoms in total. The van der Waals surface area contributed by atoms with Crippen LogP contribution in [0, 0.1) is 10.3 Å². The molecule has 0 aliphatic heterocycles. The van der Waals surface area contributed by atoms with Crippen molar-refractivity contribution in [1.82, 2.24) is 0 Å². The van der Waals surface area contributed by atoms with Gasteiger partial charge in [0, 0.05) is 6.21 Å². The average Bonchev–Trinajstić information content (AvgIpc) is 2.05. The van der Waals surface area contributed by atoms with Crippen LogP contribution in [0.15, 0.2) is 23.4 Å². The van der Waals surface area contributed by atoms with Gasteiger partial charge in [-0.1, -0.05) is 0 Å². The topological polar surface area (TPSA) is 73.5 Å². The molecule has 1 aromatic carbocycles. The van der Waals surface area contributed by atoms with E-state index in [9.17, 15) is 4.91 Å². The molecule has 0 spiro atoms. The average molecular weight is 150 g/mol. The zero-order valence-corrected chi connectivity index (χ0v) is 5.61. The molecular formula is C7H6N2O2. The van der Waals surface area contributed by atoms with Crippen molar-refractivity contribution >= 4 is 11.9 Å². The van der Waals surface area contributed by atoms with Crippen LogP contribution in [0.1, 0.15) is 5.56 Å². The smallest absolute Gasteiger partial charge is 0.150 e. The Balaban J connectivity index is 3.22. The zero-order chi connectivity index (χ0) is 8.27. The fourth-order valence-corrected chi connectivity index (χ4v) is 0.703. The number of hydrogen-bond acceptors (Lipinski definition) is 4. The lowest BCUT2D eigenvalue weighted by Gasteiger charge is -1.95. The largest absolute Gasteiger partial charge is 0.506 e. The molecule has 1 aromatic rings. The predicted octanol–water partition coefficient (Wildman–Crippen LogP) is 1.79. The van der Waals surface area contributed by atoms with Crippen molar-refractivity contribution in [2.24, 2.45) is 5.18 Å². The Bertz CT molecular complexity index is 296. The van der Waals surface area contributed by atoms with Gasteiger partial charge in [0.2, 0.25) is 0 Å². The normalized spacial score (nSPS) is 9.09. The van der Waals surface area contributed by atoms with Gasteiger partial charge in [-0.05, 0) is 28.9 Å². The van der Waals surface area contributed by atoms with Crippen molar-refractivity contribution in [3.05, 3.63) is 28.7 Å². The molecule has 56 valence electrons. The standard InChI is InChI=1S/C7H6N2O2/c8-4-5-1-2-7(10)6(3-5)9-11/h1-4,8,10H. The van der Waals surface area contributed by atoms with Gasteiger partial charge in [0.15, 0.2) is 0 Å². The molecule has 1 rings (SSSR count). The van der Waals surface area contributed by atoms with Crippen LogP contribution in [0.25, 0.3) is 0 Å². The molecule has 11 heavy (non-hydrogen) atoms. The van der Waals surface area contributed by atoms with Gasteiger partial charge in [0.05, 0.1) is 0 Å². The van der Waals surface area contributed by atoms with Crippen LogP contribution < -0.4 is 0 Å². The molecule has 0 aliphatic carbocycles. The van der Waals surface area contributed by atoms with Crippen LogP contribution in [-0.2, 0) is 0 Å². The Morgan fingerprint density at radius 1 is 1.55 bits per heavy atom. The van der Waals surface area contributed by atoms with Crippen LogP contribution in [-0.4, -0.2) is 11.3 Å². The zero-order valence-electron chi connectivity index (χ0n) is 5.61. The minimum Gasteiger partial charge on any atom is -0.506 e. The highest BCUT2D eigenvalue weighted by Crippen LogP contribution is 2.25. The molecule has 0 aromatic heterocycles. The lowest BCUT2D eigenvalue weighted by molar-refractivity contribution is 0.477. The summed E-state index contributed by atoms with van der Waals surface area (Å²) in [6.07, 6.45) is 1.08. The Hall–Kier alpha value is -1.71. The number of nitrogens with one attached hydrogen (secondary N) is 1. The number of hydrogen-bond donors (Lipinski definition) is 2. The lowest BCUT2D eigenvalue weighted by atomic mass is 10.2. The lowest BCUT2D eigenvalue weighted by Crippen LogP contribution is -1.77. The molecule has 0 saturated carbocycles. The van der Waals surface area contributed by atoms with Crippen LogP contribution >= 0.6 is 0 Å². The maximum absolute atomic E-state index is 10.0. The minimum absolute atomic E-state index is 0.0361. The minimum atomic E-state index is -0.161. The molecule has 0 heterocycles. The number of aromatic hydroxyl groups is 1. The Morgan fingerprint density at radius 3 is 2.82 bits per heavy atom. The summed E-state index contributed by atoms with van der Waals surface area (Å²) in [5.74, 6) is -0.161. The third-order valence-electron chi connectivity index (χ3n) is 1.26. The summed E-state index contributed by atoms with van der Waals surface area (Å²) in [6, 6.07) is 4.20. The highest BCUT2D eigenvalue weighted by atomic mass is 16.3. The van der Waals surface area contributed by atoms with Gasteiger partial charge in [-0.3, -0.25) is 0 Å². The fraction of sp³-hybridized carbons (Fsp3) is 0. The Morgan fingerprint density at radius 2 is 2.27 bits per heavy atom. The summed E-state index contributed by atoms with van der Waals surface area (Å²) in [4.78, 5) is 10.0. The molecule has 0 radical (unpaired) electrons. The van der Waals surface area contributed by atoms with Crippen molar-refractivity contribution in [3.63, 3.8) is 0 Å². The first kappa shape index (κ1) is 7.40. The number of phenolic OH excluding ortho intramolecular Hbond substituents is 1. The number of nitrogens with zero attached hydrogens (tertiary/aromatic N) is 1. The van der Waals surface area contributed by atoms with E-state index in [1.807, 2.05) is 0 Å². The van der Waals surface area contributed by atoms with E-state index >= 15 is 0 Å². The van der Waals surface area contributed by atoms with Crippen LogP contribution in [0.2, 0.25) is 0 Å². The van der Waals surface area contributed by atoms with Gasteiger partial charge in [-0.25, -0.2) is 0 Å². The highest BCUT2D eigenvalue weighted by molar-refractivity contribution is 5.79. The summed E-state index contributed by atoms with van der Waals surface area (Å²) >= 11 is 0. The number of nitroso groups, excluding NO2 is 1. The van der Waals surface area contributed by atoms with Gasteiger partial charge < -0.3 is 10.5 Å². The molecule has 0 aliphatic rings. The summed E-state index contributed by atoms with van der Waals surface area (Å²) in [5.41, 5.74) is 0.503. The molecule has 0 saturated heterocycles. The second kappa shape index (κ2) is 2.92. The van der Waals surface area contributed by atoms with Crippen LogP contribution in [0.3, 0.4) is 0 Å². The van der Waals surface area contributed by atoms with Gasteiger partial charge >= 0.3 is 0 Å². The first-order valence-corrected chi connectivity index (χ1v) is 2.95. The molecule has 4 heteroatoms. The van der Waals surface area contributed by atoms with Gasteiger partial charge in [-0.15, -0.1) is 4.91 Å². The predicted molar refractivity (Wildman–Crippen MR) is 41.4 cm³/mol. The van der Waals surface area contributed by atoms with Gasteiger partial charge in [0.1, 0.15) is 11.4 Å². The van der Waals surface area contributed by atoms with Crippen LogP contribution in [0.5, 0.6) is 5.75 Å². The maximum atomic E-state index is 10.0. The molecule has 2 N–H and O–H groups in total. The van der Waals surface area contributed by atoms with E-state index in [1.54, 1.807) is 0 Å². The van der Waals surface area contributed by atoms with Crippen molar-refractivity contribution in [2.75, 3.05) is 0 Å². The SMILES string of the molecule is N=Cc1ccc(O)c(N=O)c1. The van der Waals surface area contributed by atoms with E-state index in [0.717, 1.165) is 6.21 Å². The summed E-state index contributed by atoms with van der Waals surface area (Å²) < 4.78 is 0. The van der Waals surface area contributed by atoms with E-state index in [2.05, 4.69) is 5.18 Å². The highest BCUT2D eigenvalue weighted by Gasteiger charge is 1.99. The van der Waals surface area contributed by atoms with Crippen molar-refractivity contribution in [2.45, 2.75) is 0 Å². The summed E-state index contributed by atoms with van der Waals surface area (Å²) in [5, 5.41) is 18.4. The summed E-state index contributed by atoms with van der Waals surface area (Å²) in [7, 11) is 0.